The smallest absolute Gasteiger partial charge is 0.254 e. The van der Waals surface area contributed by atoms with Gasteiger partial charge in [-0.05, 0) is 26.0 Å². The second-order valence-electron chi connectivity index (χ2n) is 6.56. The van der Waals surface area contributed by atoms with Crippen molar-refractivity contribution < 1.29 is 23.7 Å². The van der Waals surface area contributed by atoms with Crippen molar-refractivity contribution in [2.45, 2.75) is 38.6 Å². The maximum Gasteiger partial charge on any atom is 0.254 e. The van der Waals surface area contributed by atoms with Crippen molar-refractivity contribution >= 4 is 17.5 Å². The van der Waals surface area contributed by atoms with Crippen molar-refractivity contribution in [1.29, 1.82) is 0 Å². The van der Waals surface area contributed by atoms with Gasteiger partial charge in [-0.3, -0.25) is 4.79 Å². The first kappa shape index (κ1) is 18.3. The van der Waals surface area contributed by atoms with Crippen molar-refractivity contribution in [3.05, 3.63) is 22.7 Å². The summed E-state index contributed by atoms with van der Waals surface area (Å²) in [6.45, 7) is 6.24. The number of piperidine rings is 1. The van der Waals surface area contributed by atoms with Crippen molar-refractivity contribution in [2.24, 2.45) is 0 Å². The van der Waals surface area contributed by atoms with E-state index in [4.69, 9.17) is 30.5 Å². The van der Waals surface area contributed by atoms with Crippen molar-refractivity contribution in [2.75, 3.05) is 33.4 Å². The van der Waals surface area contributed by atoms with E-state index in [1.54, 1.807) is 17.0 Å². The third kappa shape index (κ3) is 3.86. The van der Waals surface area contributed by atoms with Gasteiger partial charge in [-0.15, -0.1) is 0 Å². The Morgan fingerprint density at radius 2 is 1.88 bits per heavy atom. The Balaban J connectivity index is 1.75. The largest absolute Gasteiger partial charge is 0.493 e. The Labute approximate surface area is 152 Å². The number of methoxy groups -OCH3 is 1. The summed E-state index contributed by atoms with van der Waals surface area (Å²) in [6, 6.07) is 3.32. The van der Waals surface area contributed by atoms with Crippen molar-refractivity contribution in [3.63, 3.8) is 0 Å². The van der Waals surface area contributed by atoms with E-state index in [0.717, 1.165) is 0 Å². The number of carbonyl (C=O) groups is 1. The first-order chi connectivity index (χ1) is 11.9. The van der Waals surface area contributed by atoms with Gasteiger partial charge in [0.1, 0.15) is 0 Å². The minimum absolute atomic E-state index is 0.0438. The monoisotopic (exact) mass is 369 g/mol. The predicted octanol–water partition coefficient (Wildman–Crippen LogP) is 3.11. The minimum Gasteiger partial charge on any atom is -0.493 e. The summed E-state index contributed by atoms with van der Waals surface area (Å²) in [5.41, 5.74) is 0.488. The second kappa shape index (κ2) is 7.40. The molecule has 2 aliphatic rings. The van der Waals surface area contributed by atoms with Crippen LogP contribution in [0, 0.1) is 0 Å². The molecular weight excluding hydrogens is 346 g/mol. The van der Waals surface area contributed by atoms with E-state index >= 15 is 0 Å². The van der Waals surface area contributed by atoms with E-state index in [1.165, 1.54) is 7.11 Å². The molecular formula is C18H24ClNO5. The summed E-state index contributed by atoms with van der Waals surface area (Å²) in [7, 11) is 1.53. The second-order valence-corrected chi connectivity index (χ2v) is 6.96. The molecule has 0 aliphatic carbocycles. The lowest BCUT2D eigenvalue weighted by Gasteiger charge is -2.37. The van der Waals surface area contributed by atoms with Gasteiger partial charge in [0.25, 0.3) is 5.91 Å². The van der Waals surface area contributed by atoms with Gasteiger partial charge in [0.05, 0.1) is 31.5 Å². The van der Waals surface area contributed by atoms with Crippen LogP contribution in [0.5, 0.6) is 11.5 Å². The van der Waals surface area contributed by atoms with Gasteiger partial charge in [0.2, 0.25) is 0 Å². The van der Waals surface area contributed by atoms with E-state index < -0.39 is 5.79 Å². The van der Waals surface area contributed by atoms with E-state index in [1.807, 2.05) is 13.8 Å². The third-order valence-corrected chi connectivity index (χ3v) is 4.74. The summed E-state index contributed by atoms with van der Waals surface area (Å²) >= 11 is 6.32. The average Bonchev–Trinajstić information content (AvgIpc) is 3.04. The molecule has 2 heterocycles. The number of benzene rings is 1. The molecule has 1 amide bonds. The Morgan fingerprint density at radius 3 is 2.44 bits per heavy atom. The predicted molar refractivity (Wildman–Crippen MR) is 93.5 cm³/mol. The number of amides is 1. The Kier molecular flexibility index (Phi) is 5.41. The first-order valence-electron chi connectivity index (χ1n) is 8.55. The topological polar surface area (TPSA) is 57.2 Å². The number of likely N-dealkylation sites (tertiary alicyclic amines) is 1. The number of carbonyl (C=O) groups excluding carboxylic acids is 1. The fourth-order valence-electron chi connectivity index (χ4n) is 3.21. The molecule has 2 fully saturated rings. The van der Waals surface area contributed by atoms with Crippen LogP contribution >= 0.6 is 11.6 Å². The number of halogens is 1. The van der Waals surface area contributed by atoms with Crippen LogP contribution in [0.25, 0.3) is 0 Å². The maximum atomic E-state index is 12.8. The van der Waals surface area contributed by atoms with Gasteiger partial charge in [0.15, 0.2) is 17.3 Å². The molecule has 0 bridgehead atoms. The molecule has 0 aromatic heterocycles. The van der Waals surface area contributed by atoms with Gasteiger partial charge in [-0.1, -0.05) is 11.6 Å². The summed E-state index contributed by atoms with van der Waals surface area (Å²) in [6.07, 6.45) is 1.31. The molecule has 138 valence electrons. The number of nitrogens with zero attached hydrogens (tertiary/aromatic N) is 1. The zero-order chi connectivity index (χ0) is 18.0. The third-order valence-electron chi connectivity index (χ3n) is 4.46. The summed E-state index contributed by atoms with van der Waals surface area (Å²) in [5.74, 6) is 0.340. The number of ether oxygens (including phenoxy) is 4. The molecule has 3 rings (SSSR count). The Hall–Kier alpha value is -1.50. The van der Waals surface area contributed by atoms with Crippen LogP contribution < -0.4 is 9.47 Å². The van der Waals surface area contributed by atoms with Crippen LogP contribution in [0.3, 0.4) is 0 Å². The number of hydrogen-bond donors (Lipinski definition) is 0. The molecule has 2 aliphatic heterocycles. The fourth-order valence-corrected chi connectivity index (χ4v) is 3.47. The molecule has 0 atom stereocenters. The van der Waals surface area contributed by atoms with Gasteiger partial charge >= 0.3 is 0 Å². The Bertz CT molecular complexity index is 633. The summed E-state index contributed by atoms with van der Waals surface area (Å²) in [4.78, 5) is 14.6. The molecule has 0 saturated carbocycles. The first-order valence-corrected chi connectivity index (χ1v) is 8.93. The number of rotatable bonds is 4. The van der Waals surface area contributed by atoms with Gasteiger partial charge < -0.3 is 23.8 Å². The van der Waals surface area contributed by atoms with Crippen LogP contribution in [-0.4, -0.2) is 56.1 Å². The van der Waals surface area contributed by atoms with Gasteiger partial charge in [-0.25, -0.2) is 0 Å². The lowest BCUT2D eigenvalue weighted by Crippen LogP contribution is -2.47. The molecule has 1 aromatic carbocycles. The highest BCUT2D eigenvalue weighted by Gasteiger charge is 2.41. The Morgan fingerprint density at radius 1 is 1.24 bits per heavy atom. The highest BCUT2D eigenvalue weighted by Crippen LogP contribution is 2.38. The average molecular weight is 370 g/mol. The van der Waals surface area contributed by atoms with Crippen LogP contribution in [-0.2, 0) is 9.47 Å². The standard InChI is InChI=1S/C18H24ClNO5/c1-12(2)25-16-14(19)10-13(11-15(16)22-3)17(21)20-6-4-18(5-7-20)23-8-9-24-18/h10-12H,4-9H2,1-3H3. The molecule has 0 N–H and O–H groups in total. The van der Waals surface area contributed by atoms with E-state index in [9.17, 15) is 4.79 Å². The highest BCUT2D eigenvalue weighted by molar-refractivity contribution is 6.32. The molecule has 2 saturated heterocycles. The maximum absolute atomic E-state index is 12.8. The molecule has 0 radical (unpaired) electrons. The lowest BCUT2D eigenvalue weighted by molar-refractivity contribution is -0.181. The van der Waals surface area contributed by atoms with Crippen LogP contribution in [0.4, 0.5) is 0 Å². The van der Waals surface area contributed by atoms with Gasteiger partial charge in [0, 0.05) is 31.5 Å². The van der Waals surface area contributed by atoms with Crippen molar-refractivity contribution in [3.8, 4) is 11.5 Å². The molecule has 25 heavy (non-hydrogen) atoms. The quantitative estimate of drug-likeness (QED) is 0.816. The van der Waals surface area contributed by atoms with Gasteiger partial charge in [-0.2, -0.15) is 0 Å². The lowest BCUT2D eigenvalue weighted by atomic mass is 10.0. The minimum atomic E-state index is -0.499. The van der Waals surface area contributed by atoms with E-state index in [0.29, 0.717) is 61.2 Å². The van der Waals surface area contributed by atoms with Crippen LogP contribution in [0.2, 0.25) is 5.02 Å². The molecule has 1 spiro atoms. The zero-order valence-electron chi connectivity index (χ0n) is 14.8. The molecule has 1 aromatic rings. The fraction of sp³-hybridized carbons (Fsp3) is 0.611. The summed E-state index contributed by atoms with van der Waals surface area (Å²) in [5, 5.41) is 0.368. The van der Waals surface area contributed by atoms with E-state index in [2.05, 4.69) is 0 Å². The van der Waals surface area contributed by atoms with Crippen LogP contribution in [0.1, 0.15) is 37.0 Å². The molecule has 7 heteroatoms. The normalized spacial score (nSPS) is 19.5. The molecule has 0 unspecified atom stereocenters. The summed E-state index contributed by atoms with van der Waals surface area (Å²) < 4.78 is 22.5. The van der Waals surface area contributed by atoms with Crippen molar-refractivity contribution in [1.82, 2.24) is 4.90 Å². The molecule has 6 nitrogen and oxygen atoms in total. The highest BCUT2D eigenvalue weighted by atomic mass is 35.5. The zero-order valence-corrected chi connectivity index (χ0v) is 15.6. The van der Waals surface area contributed by atoms with E-state index in [-0.39, 0.29) is 12.0 Å². The number of hydrogen-bond acceptors (Lipinski definition) is 5. The SMILES string of the molecule is COc1cc(C(=O)N2CCC3(CC2)OCCO3)cc(Cl)c1OC(C)C. The van der Waals surface area contributed by atoms with Crippen LogP contribution in [0.15, 0.2) is 12.1 Å².